The Morgan fingerprint density at radius 1 is 1.53 bits per heavy atom. The quantitative estimate of drug-likeness (QED) is 0.908. The van der Waals surface area contributed by atoms with Crippen LogP contribution in [0.15, 0.2) is 16.6 Å². The average Bonchev–Trinajstić information content (AvgIpc) is 2.46. The van der Waals surface area contributed by atoms with Gasteiger partial charge in [0.25, 0.3) is 0 Å². The Labute approximate surface area is 94.6 Å². The maximum absolute atomic E-state index is 13.3. The first kappa shape index (κ1) is 10.6. The van der Waals surface area contributed by atoms with Crippen LogP contribution in [0, 0.1) is 5.82 Å². The van der Waals surface area contributed by atoms with Crippen LogP contribution >= 0.6 is 15.9 Å². The Morgan fingerprint density at radius 3 is 2.93 bits per heavy atom. The largest absolute Gasteiger partial charge is 0.396 e. The zero-order chi connectivity index (χ0) is 11.0. The molecule has 0 bridgehead atoms. The van der Waals surface area contributed by atoms with Crippen LogP contribution in [0.4, 0.5) is 4.39 Å². The van der Waals surface area contributed by atoms with Crippen LogP contribution in [-0.2, 0) is 13.5 Å². The molecule has 0 spiro atoms. The molecule has 1 N–H and O–H groups in total. The van der Waals surface area contributed by atoms with Gasteiger partial charge in [-0.05, 0) is 28.1 Å². The highest BCUT2D eigenvalue weighted by Gasteiger charge is 2.11. The Bertz CT molecular complexity index is 510. The molecule has 2 aromatic rings. The molecule has 1 aromatic heterocycles. The smallest absolute Gasteiger partial charge is 0.138 e. The maximum Gasteiger partial charge on any atom is 0.138 e. The predicted octanol–water partition coefficient (Wildman–Crippen LogP) is 2.01. The third-order valence-electron chi connectivity index (χ3n) is 2.32. The van der Waals surface area contributed by atoms with Crippen molar-refractivity contribution in [1.82, 2.24) is 9.78 Å². The van der Waals surface area contributed by atoms with E-state index in [1.54, 1.807) is 17.8 Å². The zero-order valence-electron chi connectivity index (χ0n) is 8.17. The van der Waals surface area contributed by atoms with Crippen molar-refractivity contribution >= 4 is 26.8 Å². The summed E-state index contributed by atoms with van der Waals surface area (Å²) in [7, 11) is 1.80. The van der Waals surface area contributed by atoms with E-state index in [-0.39, 0.29) is 12.4 Å². The normalized spacial score (nSPS) is 11.2. The van der Waals surface area contributed by atoms with Crippen molar-refractivity contribution in [2.24, 2.45) is 7.05 Å². The van der Waals surface area contributed by atoms with E-state index in [1.165, 1.54) is 6.07 Å². The summed E-state index contributed by atoms with van der Waals surface area (Å²) >= 11 is 3.13. The minimum Gasteiger partial charge on any atom is -0.396 e. The van der Waals surface area contributed by atoms with Gasteiger partial charge in [0, 0.05) is 25.5 Å². The minimum atomic E-state index is -0.310. The summed E-state index contributed by atoms with van der Waals surface area (Å²) in [6.07, 6.45) is 0.443. The van der Waals surface area contributed by atoms with Crippen LogP contribution in [0.25, 0.3) is 10.9 Å². The number of nitrogens with zero attached hydrogens (tertiary/aromatic N) is 2. The topological polar surface area (TPSA) is 38.0 Å². The molecule has 0 aliphatic carbocycles. The highest BCUT2D eigenvalue weighted by molar-refractivity contribution is 9.10. The van der Waals surface area contributed by atoms with Gasteiger partial charge in [0.1, 0.15) is 5.82 Å². The fraction of sp³-hybridized carbons (Fsp3) is 0.300. The van der Waals surface area contributed by atoms with E-state index in [0.717, 1.165) is 16.6 Å². The highest BCUT2D eigenvalue weighted by atomic mass is 79.9. The van der Waals surface area contributed by atoms with Crippen molar-refractivity contribution in [3.63, 3.8) is 0 Å². The Hall–Kier alpha value is -0.940. The number of aliphatic hydroxyl groups is 1. The van der Waals surface area contributed by atoms with Gasteiger partial charge in [0.2, 0.25) is 0 Å². The van der Waals surface area contributed by atoms with Crippen molar-refractivity contribution in [3.05, 3.63) is 28.1 Å². The molecule has 0 atom stereocenters. The fourth-order valence-corrected chi connectivity index (χ4v) is 1.95. The molecule has 0 aliphatic rings. The lowest BCUT2D eigenvalue weighted by molar-refractivity contribution is 0.298. The lowest BCUT2D eigenvalue weighted by atomic mass is 10.2. The van der Waals surface area contributed by atoms with Crippen molar-refractivity contribution in [2.75, 3.05) is 6.61 Å². The average molecular weight is 273 g/mol. The number of aromatic nitrogens is 2. The SMILES string of the molecule is Cn1nc(CCO)c2cc(F)c(Br)cc21. The Balaban J connectivity index is 2.70. The van der Waals surface area contributed by atoms with Crippen molar-refractivity contribution in [2.45, 2.75) is 6.42 Å². The van der Waals surface area contributed by atoms with E-state index in [4.69, 9.17) is 5.11 Å². The molecule has 5 heteroatoms. The van der Waals surface area contributed by atoms with Gasteiger partial charge in [-0.25, -0.2) is 4.39 Å². The molecule has 0 unspecified atom stereocenters. The number of halogens is 2. The monoisotopic (exact) mass is 272 g/mol. The second-order valence-corrected chi connectivity index (χ2v) is 4.18. The van der Waals surface area contributed by atoms with E-state index in [2.05, 4.69) is 21.0 Å². The van der Waals surface area contributed by atoms with Crippen molar-refractivity contribution in [3.8, 4) is 0 Å². The summed E-state index contributed by atoms with van der Waals surface area (Å²) < 4.78 is 15.4. The third kappa shape index (κ3) is 1.77. The molecule has 0 amide bonds. The second-order valence-electron chi connectivity index (χ2n) is 3.33. The molecule has 2 rings (SSSR count). The van der Waals surface area contributed by atoms with Crippen LogP contribution in [0.3, 0.4) is 0 Å². The van der Waals surface area contributed by atoms with Gasteiger partial charge < -0.3 is 5.11 Å². The van der Waals surface area contributed by atoms with Gasteiger partial charge >= 0.3 is 0 Å². The molecule has 3 nitrogen and oxygen atoms in total. The molecular weight excluding hydrogens is 263 g/mol. The van der Waals surface area contributed by atoms with Crippen LogP contribution < -0.4 is 0 Å². The molecular formula is C10H10BrFN2O. The number of hydrogen-bond acceptors (Lipinski definition) is 2. The number of aliphatic hydroxyl groups excluding tert-OH is 1. The summed E-state index contributed by atoms with van der Waals surface area (Å²) in [5.41, 5.74) is 1.58. The van der Waals surface area contributed by atoms with Crippen molar-refractivity contribution in [1.29, 1.82) is 0 Å². The standard InChI is InChI=1S/C10H10BrFN2O/c1-14-10-5-7(11)8(12)4-6(10)9(13-14)2-3-15/h4-5,15H,2-3H2,1H3. The number of benzene rings is 1. The molecule has 0 radical (unpaired) electrons. The lowest BCUT2D eigenvalue weighted by Gasteiger charge is -1.97. The molecule has 0 aliphatic heterocycles. The molecule has 80 valence electrons. The highest BCUT2D eigenvalue weighted by Crippen LogP contribution is 2.25. The summed E-state index contributed by atoms with van der Waals surface area (Å²) in [6.45, 7) is 0.0177. The van der Waals surface area contributed by atoms with Crippen LogP contribution in [0.1, 0.15) is 5.69 Å². The van der Waals surface area contributed by atoms with E-state index < -0.39 is 0 Å². The van der Waals surface area contributed by atoms with Crippen LogP contribution in [0.2, 0.25) is 0 Å². The summed E-state index contributed by atoms with van der Waals surface area (Å²) in [6, 6.07) is 3.13. The molecule has 15 heavy (non-hydrogen) atoms. The number of rotatable bonds is 2. The van der Waals surface area contributed by atoms with E-state index in [9.17, 15) is 4.39 Å². The third-order valence-corrected chi connectivity index (χ3v) is 2.93. The molecule has 0 saturated heterocycles. The van der Waals surface area contributed by atoms with E-state index >= 15 is 0 Å². The zero-order valence-corrected chi connectivity index (χ0v) is 9.75. The van der Waals surface area contributed by atoms with E-state index in [0.29, 0.717) is 10.9 Å². The number of aryl methyl sites for hydroxylation is 1. The first-order valence-electron chi connectivity index (χ1n) is 4.55. The first-order valence-corrected chi connectivity index (χ1v) is 5.34. The fourth-order valence-electron chi connectivity index (χ4n) is 1.61. The van der Waals surface area contributed by atoms with Crippen molar-refractivity contribution < 1.29 is 9.50 Å². The Morgan fingerprint density at radius 2 is 2.27 bits per heavy atom. The van der Waals surface area contributed by atoms with Gasteiger partial charge in [-0.15, -0.1) is 0 Å². The number of fused-ring (bicyclic) bond motifs is 1. The van der Waals surface area contributed by atoms with Gasteiger partial charge in [-0.3, -0.25) is 4.68 Å². The first-order chi connectivity index (χ1) is 7.13. The summed E-state index contributed by atoms with van der Waals surface area (Å²) in [5.74, 6) is -0.310. The van der Waals surface area contributed by atoms with Gasteiger partial charge in [-0.2, -0.15) is 5.10 Å². The second kappa shape index (κ2) is 3.90. The van der Waals surface area contributed by atoms with E-state index in [1.807, 2.05) is 0 Å². The predicted molar refractivity (Wildman–Crippen MR) is 59.2 cm³/mol. The van der Waals surface area contributed by atoms with Gasteiger partial charge in [0.15, 0.2) is 0 Å². The molecule has 1 heterocycles. The Kier molecular flexibility index (Phi) is 2.75. The molecule has 0 saturated carbocycles. The summed E-state index contributed by atoms with van der Waals surface area (Å²) in [5, 5.41) is 13.8. The summed E-state index contributed by atoms with van der Waals surface area (Å²) in [4.78, 5) is 0. The van der Waals surface area contributed by atoms with Gasteiger partial charge in [0.05, 0.1) is 15.7 Å². The lowest BCUT2D eigenvalue weighted by Crippen LogP contribution is -1.94. The molecule has 0 fully saturated rings. The van der Waals surface area contributed by atoms with Gasteiger partial charge in [-0.1, -0.05) is 0 Å². The molecule has 1 aromatic carbocycles. The van der Waals surface area contributed by atoms with Crippen LogP contribution in [0.5, 0.6) is 0 Å². The minimum absolute atomic E-state index is 0.0177. The number of hydrogen-bond donors (Lipinski definition) is 1. The maximum atomic E-state index is 13.3. The van der Waals surface area contributed by atoms with Crippen LogP contribution in [-0.4, -0.2) is 21.5 Å².